The van der Waals surface area contributed by atoms with Crippen LogP contribution in [0, 0.1) is 12.3 Å². The first-order chi connectivity index (χ1) is 11.0. The van der Waals surface area contributed by atoms with Crippen LogP contribution >= 0.6 is 0 Å². The highest BCUT2D eigenvalue weighted by Gasteiger charge is 2.50. The summed E-state index contributed by atoms with van der Waals surface area (Å²) >= 11 is 0. The second kappa shape index (κ2) is 5.83. The molecule has 0 atom stereocenters. The lowest BCUT2D eigenvalue weighted by Gasteiger charge is -2.11. The Hall–Kier alpha value is -2.69. The standard InChI is InChI=1S/C18H18N2O3/c1-12-3-2-4-13(7-12)14-8-15(10-19-9-14)16(21)20-11-18(5-6-18)17(22)23/h2-4,7-10H,5-6,11H2,1H3,(H,20,21)(H,22,23). The number of aliphatic carboxylic acids is 1. The van der Waals surface area contributed by atoms with E-state index in [9.17, 15) is 9.59 Å². The fraction of sp³-hybridized carbons (Fsp3) is 0.278. The summed E-state index contributed by atoms with van der Waals surface area (Å²) in [5.74, 6) is -1.14. The van der Waals surface area contributed by atoms with Gasteiger partial charge in [0.05, 0.1) is 11.0 Å². The van der Waals surface area contributed by atoms with Crippen LogP contribution in [-0.2, 0) is 4.79 Å². The molecule has 118 valence electrons. The minimum absolute atomic E-state index is 0.163. The third-order valence-corrected chi connectivity index (χ3v) is 4.25. The highest BCUT2D eigenvalue weighted by molar-refractivity contribution is 5.95. The second-order valence-electron chi connectivity index (χ2n) is 6.10. The van der Waals surface area contributed by atoms with Crippen LogP contribution in [0.5, 0.6) is 0 Å². The van der Waals surface area contributed by atoms with Crippen LogP contribution in [0.25, 0.3) is 11.1 Å². The molecule has 1 aromatic heterocycles. The van der Waals surface area contributed by atoms with Crippen molar-refractivity contribution in [3.8, 4) is 11.1 Å². The van der Waals surface area contributed by atoms with Gasteiger partial charge in [-0.1, -0.05) is 29.8 Å². The second-order valence-corrected chi connectivity index (χ2v) is 6.10. The van der Waals surface area contributed by atoms with Gasteiger partial charge in [0.1, 0.15) is 0 Å². The Morgan fingerprint density at radius 3 is 2.65 bits per heavy atom. The van der Waals surface area contributed by atoms with E-state index in [1.165, 1.54) is 6.20 Å². The van der Waals surface area contributed by atoms with Gasteiger partial charge >= 0.3 is 5.97 Å². The van der Waals surface area contributed by atoms with Gasteiger partial charge < -0.3 is 10.4 Å². The Balaban J connectivity index is 1.74. The van der Waals surface area contributed by atoms with E-state index in [4.69, 9.17) is 5.11 Å². The Morgan fingerprint density at radius 2 is 2.00 bits per heavy atom. The molecule has 0 radical (unpaired) electrons. The molecule has 0 saturated heterocycles. The van der Waals surface area contributed by atoms with E-state index in [0.29, 0.717) is 18.4 Å². The van der Waals surface area contributed by atoms with Crippen LogP contribution < -0.4 is 5.32 Å². The van der Waals surface area contributed by atoms with E-state index < -0.39 is 11.4 Å². The Labute approximate surface area is 134 Å². The number of aryl methyl sites for hydroxylation is 1. The van der Waals surface area contributed by atoms with Crippen LogP contribution in [0.1, 0.15) is 28.8 Å². The lowest BCUT2D eigenvalue weighted by molar-refractivity contribution is -0.143. The summed E-state index contributed by atoms with van der Waals surface area (Å²) in [6.45, 7) is 2.17. The van der Waals surface area contributed by atoms with Crippen molar-refractivity contribution in [1.82, 2.24) is 10.3 Å². The molecule has 2 aromatic rings. The molecule has 23 heavy (non-hydrogen) atoms. The molecule has 0 aliphatic heterocycles. The summed E-state index contributed by atoms with van der Waals surface area (Å²) in [6, 6.07) is 9.74. The molecule has 1 heterocycles. The lowest BCUT2D eigenvalue weighted by atomic mass is 10.0. The normalized spacial score (nSPS) is 15.0. The van der Waals surface area contributed by atoms with Gasteiger partial charge in [0.2, 0.25) is 0 Å². The summed E-state index contributed by atoms with van der Waals surface area (Å²) in [7, 11) is 0. The van der Waals surface area contributed by atoms with Crippen molar-refractivity contribution in [3.63, 3.8) is 0 Å². The number of aromatic nitrogens is 1. The van der Waals surface area contributed by atoms with Gasteiger partial charge in [-0.15, -0.1) is 0 Å². The number of pyridine rings is 1. The molecule has 1 amide bonds. The zero-order chi connectivity index (χ0) is 16.4. The first-order valence-corrected chi connectivity index (χ1v) is 7.54. The molecule has 1 aromatic carbocycles. The number of amides is 1. The number of nitrogens with one attached hydrogen (secondary N) is 1. The number of rotatable bonds is 5. The first-order valence-electron chi connectivity index (χ1n) is 7.54. The highest BCUT2D eigenvalue weighted by Crippen LogP contribution is 2.45. The molecule has 0 unspecified atom stereocenters. The van der Waals surface area contributed by atoms with E-state index in [0.717, 1.165) is 16.7 Å². The van der Waals surface area contributed by atoms with Crippen LogP contribution in [0.2, 0.25) is 0 Å². The van der Waals surface area contributed by atoms with Gasteiger partial charge in [-0.05, 0) is 31.4 Å². The smallest absolute Gasteiger partial charge is 0.311 e. The molecular weight excluding hydrogens is 292 g/mol. The first kappa shape index (κ1) is 15.2. The van der Waals surface area contributed by atoms with Crippen LogP contribution in [-0.4, -0.2) is 28.5 Å². The average Bonchev–Trinajstić information content (AvgIpc) is 3.34. The molecule has 0 spiro atoms. The SMILES string of the molecule is Cc1cccc(-c2cncc(C(=O)NCC3(C(=O)O)CC3)c2)c1. The van der Waals surface area contributed by atoms with Crippen molar-refractivity contribution in [2.75, 3.05) is 6.54 Å². The number of hydrogen-bond donors (Lipinski definition) is 2. The molecular formula is C18H18N2O3. The third-order valence-electron chi connectivity index (χ3n) is 4.25. The van der Waals surface area contributed by atoms with Gasteiger partial charge in [0.15, 0.2) is 0 Å². The molecule has 5 nitrogen and oxygen atoms in total. The molecule has 5 heteroatoms. The van der Waals surface area contributed by atoms with Gasteiger partial charge in [-0.3, -0.25) is 14.6 Å². The maximum Gasteiger partial charge on any atom is 0.311 e. The topological polar surface area (TPSA) is 79.3 Å². The van der Waals surface area contributed by atoms with Crippen molar-refractivity contribution in [1.29, 1.82) is 0 Å². The van der Waals surface area contributed by atoms with E-state index >= 15 is 0 Å². The zero-order valence-electron chi connectivity index (χ0n) is 12.9. The third kappa shape index (κ3) is 3.23. The Kier molecular flexibility index (Phi) is 3.86. The van der Waals surface area contributed by atoms with Crippen molar-refractivity contribution in [3.05, 3.63) is 53.9 Å². The molecule has 2 N–H and O–H groups in total. The van der Waals surface area contributed by atoms with Gasteiger partial charge in [0, 0.05) is 24.5 Å². The zero-order valence-corrected chi connectivity index (χ0v) is 12.9. The molecule has 3 rings (SSSR count). The number of carboxylic acids is 1. The molecule has 1 fully saturated rings. The van der Waals surface area contributed by atoms with Crippen molar-refractivity contribution >= 4 is 11.9 Å². The van der Waals surface area contributed by atoms with Gasteiger partial charge in [0.25, 0.3) is 5.91 Å². The van der Waals surface area contributed by atoms with E-state index in [1.807, 2.05) is 31.2 Å². The summed E-state index contributed by atoms with van der Waals surface area (Å²) in [4.78, 5) is 27.5. The maximum atomic E-state index is 12.2. The number of benzene rings is 1. The predicted molar refractivity (Wildman–Crippen MR) is 86.0 cm³/mol. The largest absolute Gasteiger partial charge is 0.481 e. The number of hydrogen-bond acceptors (Lipinski definition) is 3. The van der Waals surface area contributed by atoms with Crippen molar-refractivity contribution < 1.29 is 14.7 Å². The van der Waals surface area contributed by atoms with Gasteiger partial charge in [-0.25, -0.2) is 0 Å². The Morgan fingerprint density at radius 1 is 1.22 bits per heavy atom. The average molecular weight is 310 g/mol. The number of carboxylic acid groups (broad SMARTS) is 1. The number of carbonyl (C=O) groups excluding carboxylic acids is 1. The summed E-state index contributed by atoms with van der Waals surface area (Å²) in [6.07, 6.45) is 4.44. The molecule has 1 aliphatic rings. The minimum Gasteiger partial charge on any atom is -0.481 e. The summed E-state index contributed by atoms with van der Waals surface area (Å²) in [5, 5.41) is 11.9. The van der Waals surface area contributed by atoms with E-state index in [1.54, 1.807) is 12.3 Å². The number of nitrogens with zero attached hydrogens (tertiary/aromatic N) is 1. The van der Waals surface area contributed by atoms with Gasteiger partial charge in [-0.2, -0.15) is 0 Å². The van der Waals surface area contributed by atoms with E-state index in [-0.39, 0.29) is 12.5 Å². The Bertz CT molecular complexity index is 766. The minimum atomic E-state index is -0.843. The fourth-order valence-electron chi connectivity index (χ4n) is 2.52. The lowest BCUT2D eigenvalue weighted by Crippen LogP contribution is -2.34. The quantitative estimate of drug-likeness (QED) is 0.890. The summed E-state index contributed by atoms with van der Waals surface area (Å²) in [5.41, 5.74) is 2.66. The molecule has 0 bridgehead atoms. The molecule has 1 saturated carbocycles. The maximum absolute atomic E-state index is 12.2. The monoisotopic (exact) mass is 310 g/mol. The fourth-order valence-corrected chi connectivity index (χ4v) is 2.52. The predicted octanol–water partition coefficient (Wildman–Crippen LogP) is 2.65. The summed E-state index contributed by atoms with van der Waals surface area (Å²) < 4.78 is 0. The van der Waals surface area contributed by atoms with Crippen molar-refractivity contribution in [2.24, 2.45) is 5.41 Å². The van der Waals surface area contributed by atoms with Crippen LogP contribution in [0.3, 0.4) is 0 Å². The van der Waals surface area contributed by atoms with Crippen molar-refractivity contribution in [2.45, 2.75) is 19.8 Å². The van der Waals surface area contributed by atoms with Crippen LogP contribution in [0.4, 0.5) is 0 Å². The number of carbonyl (C=O) groups is 2. The highest BCUT2D eigenvalue weighted by atomic mass is 16.4. The molecule has 1 aliphatic carbocycles. The van der Waals surface area contributed by atoms with E-state index in [2.05, 4.69) is 10.3 Å². The van der Waals surface area contributed by atoms with Crippen LogP contribution in [0.15, 0.2) is 42.7 Å².